The van der Waals surface area contributed by atoms with Crippen LogP contribution in [0, 0.1) is 0 Å². The fraction of sp³-hybridized carbons (Fsp3) is 0.500. The molecule has 0 spiro atoms. The number of hydrogen-bond donors (Lipinski definition) is 2. The van der Waals surface area contributed by atoms with Crippen molar-refractivity contribution in [3.63, 3.8) is 0 Å². The van der Waals surface area contributed by atoms with E-state index < -0.39 is 0 Å². The van der Waals surface area contributed by atoms with E-state index in [2.05, 4.69) is 26.2 Å². The second-order valence-electron chi connectivity index (χ2n) is 5.95. The summed E-state index contributed by atoms with van der Waals surface area (Å²) >= 11 is 0. The molecule has 1 fully saturated rings. The number of carbonyl (C=O) groups is 1. The number of para-hydroxylation sites is 1. The molecular formula is C16H25Cl2N7O. The lowest BCUT2D eigenvalue weighted by molar-refractivity contribution is -0.132. The molecule has 0 saturated carbocycles. The summed E-state index contributed by atoms with van der Waals surface area (Å²) in [5, 5.41) is 18.3. The first-order valence-corrected chi connectivity index (χ1v) is 8.28. The summed E-state index contributed by atoms with van der Waals surface area (Å²) in [7, 11) is 1.87. The lowest BCUT2D eigenvalue weighted by Crippen LogP contribution is -2.46. The zero-order valence-electron chi connectivity index (χ0n) is 14.8. The fourth-order valence-corrected chi connectivity index (χ4v) is 2.91. The highest BCUT2D eigenvalue weighted by molar-refractivity contribution is 5.85. The Morgan fingerprint density at radius 2 is 2.12 bits per heavy atom. The number of carbonyl (C=O) groups excluding carboxylic acids is 1. The number of amides is 1. The van der Waals surface area contributed by atoms with Crippen LogP contribution in [-0.2, 0) is 4.79 Å². The standard InChI is InChI=1S/C16H23N7O.2ClH/c1-3-14(15(24)22(2)13-9-10-17-11-13)18-16-19-20-21-23(16)12-7-5-4-6-8-12;;/h4-8,13-14,17H,3,9-11H2,1-2H3,(H,18,19,21);2*1H. The molecule has 1 aliphatic rings. The Labute approximate surface area is 165 Å². The molecule has 3 rings (SSSR count). The summed E-state index contributed by atoms with van der Waals surface area (Å²) in [5.74, 6) is 0.535. The second-order valence-corrected chi connectivity index (χ2v) is 5.95. The van der Waals surface area contributed by atoms with Gasteiger partial charge in [0.15, 0.2) is 0 Å². The minimum absolute atomic E-state index is 0. The van der Waals surface area contributed by atoms with Crippen LogP contribution < -0.4 is 10.6 Å². The van der Waals surface area contributed by atoms with Crippen molar-refractivity contribution in [1.82, 2.24) is 30.4 Å². The first-order valence-electron chi connectivity index (χ1n) is 8.28. The van der Waals surface area contributed by atoms with Crippen molar-refractivity contribution in [2.24, 2.45) is 0 Å². The van der Waals surface area contributed by atoms with Gasteiger partial charge in [-0.2, -0.15) is 4.68 Å². The molecule has 1 aliphatic heterocycles. The topological polar surface area (TPSA) is 88.0 Å². The van der Waals surface area contributed by atoms with Crippen LogP contribution in [0.4, 0.5) is 5.95 Å². The predicted molar refractivity (Wildman–Crippen MR) is 105 cm³/mol. The van der Waals surface area contributed by atoms with Crippen LogP contribution >= 0.6 is 24.8 Å². The maximum atomic E-state index is 12.8. The molecular weight excluding hydrogens is 377 g/mol. The summed E-state index contributed by atoms with van der Waals surface area (Å²) < 4.78 is 1.60. The number of rotatable bonds is 6. The molecule has 10 heteroatoms. The van der Waals surface area contributed by atoms with Gasteiger partial charge in [-0.3, -0.25) is 4.79 Å². The number of nitrogens with zero attached hydrogens (tertiary/aromatic N) is 5. The molecule has 2 N–H and O–H groups in total. The molecule has 1 aromatic carbocycles. The van der Waals surface area contributed by atoms with Crippen molar-refractivity contribution in [1.29, 1.82) is 0 Å². The Balaban J connectivity index is 0.00000169. The molecule has 1 aromatic heterocycles. The van der Waals surface area contributed by atoms with Crippen LogP contribution in [0.2, 0.25) is 0 Å². The van der Waals surface area contributed by atoms with Crippen molar-refractivity contribution < 1.29 is 4.79 Å². The molecule has 2 heterocycles. The molecule has 0 aliphatic carbocycles. The summed E-state index contributed by atoms with van der Waals surface area (Å²) in [4.78, 5) is 14.6. The van der Waals surface area contributed by atoms with Gasteiger partial charge in [0, 0.05) is 19.6 Å². The van der Waals surface area contributed by atoms with Gasteiger partial charge in [0.05, 0.1) is 5.69 Å². The van der Waals surface area contributed by atoms with Crippen LogP contribution in [-0.4, -0.2) is 63.2 Å². The molecule has 1 saturated heterocycles. The van der Waals surface area contributed by atoms with E-state index in [9.17, 15) is 4.79 Å². The molecule has 2 unspecified atom stereocenters. The SMILES string of the molecule is CCC(Nc1nnnn1-c1ccccc1)C(=O)N(C)C1CCNC1.Cl.Cl. The summed E-state index contributed by atoms with van der Waals surface area (Å²) in [6.45, 7) is 3.78. The monoisotopic (exact) mass is 401 g/mol. The van der Waals surface area contributed by atoms with Gasteiger partial charge in [-0.15, -0.1) is 24.8 Å². The maximum absolute atomic E-state index is 12.8. The number of aromatic nitrogens is 4. The number of likely N-dealkylation sites (N-methyl/N-ethyl adjacent to an activating group) is 1. The Morgan fingerprint density at radius 1 is 1.38 bits per heavy atom. The van der Waals surface area contributed by atoms with Crippen molar-refractivity contribution in [3.05, 3.63) is 30.3 Å². The molecule has 0 radical (unpaired) electrons. The number of nitrogens with one attached hydrogen (secondary N) is 2. The number of tetrazole rings is 1. The van der Waals surface area contributed by atoms with Crippen LogP contribution in [0.1, 0.15) is 19.8 Å². The van der Waals surface area contributed by atoms with Gasteiger partial charge < -0.3 is 15.5 Å². The first kappa shape index (κ1) is 22.1. The van der Waals surface area contributed by atoms with E-state index in [-0.39, 0.29) is 42.8 Å². The molecule has 0 bridgehead atoms. The molecule has 144 valence electrons. The Kier molecular flexibility index (Phi) is 8.77. The van der Waals surface area contributed by atoms with Crippen LogP contribution in [0.5, 0.6) is 0 Å². The second kappa shape index (κ2) is 10.3. The summed E-state index contributed by atoms with van der Waals surface area (Å²) in [6, 6.07) is 9.50. The summed E-state index contributed by atoms with van der Waals surface area (Å²) in [6.07, 6.45) is 1.64. The molecule has 2 atom stereocenters. The van der Waals surface area contributed by atoms with E-state index in [4.69, 9.17) is 0 Å². The van der Waals surface area contributed by atoms with E-state index in [0.717, 1.165) is 25.2 Å². The third kappa shape index (κ3) is 4.84. The van der Waals surface area contributed by atoms with Gasteiger partial charge in [0.1, 0.15) is 6.04 Å². The molecule has 2 aromatic rings. The maximum Gasteiger partial charge on any atom is 0.248 e. The van der Waals surface area contributed by atoms with E-state index in [1.165, 1.54) is 0 Å². The predicted octanol–water partition coefficient (Wildman–Crippen LogP) is 1.52. The number of halogens is 2. The zero-order valence-corrected chi connectivity index (χ0v) is 16.5. The summed E-state index contributed by atoms with van der Waals surface area (Å²) in [5.41, 5.74) is 0.848. The van der Waals surface area contributed by atoms with E-state index >= 15 is 0 Å². The van der Waals surface area contributed by atoms with Gasteiger partial charge in [-0.25, -0.2) is 0 Å². The zero-order chi connectivity index (χ0) is 16.9. The fourth-order valence-electron chi connectivity index (χ4n) is 2.91. The van der Waals surface area contributed by atoms with E-state index in [1.54, 1.807) is 4.68 Å². The first-order chi connectivity index (χ1) is 11.7. The van der Waals surface area contributed by atoms with Gasteiger partial charge in [-0.1, -0.05) is 30.2 Å². The van der Waals surface area contributed by atoms with Gasteiger partial charge >= 0.3 is 0 Å². The number of benzene rings is 1. The van der Waals surface area contributed by atoms with E-state index in [1.807, 2.05) is 49.2 Å². The number of hydrogen-bond acceptors (Lipinski definition) is 6. The average molecular weight is 402 g/mol. The Bertz CT molecular complexity index is 676. The van der Waals surface area contributed by atoms with Crippen LogP contribution in [0.15, 0.2) is 30.3 Å². The Hall–Kier alpha value is -1.90. The van der Waals surface area contributed by atoms with Crippen molar-refractivity contribution >= 4 is 36.7 Å². The minimum Gasteiger partial charge on any atom is -0.341 e. The van der Waals surface area contributed by atoms with E-state index in [0.29, 0.717) is 12.4 Å². The average Bonchev–Trinajstić information content (AvgIpc) is 3.30. The third-order valence-electron chi connectivity index (χ3n) is 4.41. The lowest BCUT2D eigenvalue weighted by atomic mass is 10.1. The number of anilines is 1. The van der Waals surface area contributed by atoms with Gasteiger partial charge in [0.25, 0.3) is 0 Å². The quantitative estimate of drug-likeness (QED) is 0.762. The lowest BCUT2D eigenvalue weighted by Gasteiger charge is -2.28. The molecule has 26 heavy (non-hydrogen) atoms. The third-order valence-corrected chi connectivity index (χ3v) is 4.41. The normalized spacial score (nSPS) is 16.9. The largest absolute Gasteiger partial charge is 0.341 e. The van der Waals surface area contributed by atoms with Crippen molar-refractivity contribution in [2.75, 3.05) is 25.5 Å². The minimum atomic E-state index is -0.357. The van der Waals surface area contributed by atoms with Crippen molar-refractivity contribution in [3.8, 4) is 5.69 Å². The van der Waals surface area contributed by atoms with Gasteiger partial charge in [0.2, 0.25) is 11.9 Å². The van der Waals surface area contributed by atoms with Gasteiger partial charge in [-0.05, 0) is 41.9 Å². The van der Waals surface area contributed by atoms with Crippen LogP contribution in [0.3, 0.4) is 0 Å². The smallest absolute Gasteiger partial charge is 0.248 e. The van der Waals surface area contributed by atoms with Crippen LogP contribution in [0.25, 0.3) is 5.69 Å². The molecule has 1 amide bonds. The highest BCUT2D eigenvalue weighted by atomic mass is 35.5. The Morgan fingerprint density at radius 3 is 2.73 bits per heavy atom. The molecule has 8 nitrogen and oxygen atoms in total. The highest BCUT2D eigenvalue weighted by Gasteiger charge is 2.28. The van der Waals surface area contributed by atoms with Crippen molar-refractivity contribution in [2.45, 2.75) is 31.8 Å². The highest BCUT2D eigenvalue weighted by Crippen LogP contribution is 2.15.